The second kappa shape index (κ2) is 6.89. The Labute approximate surface area is 134 Å². The zero-order chi connectivity index (χ0) is 15.4. The van der Waals surface area contributed by atoms with E-state index in [9.17, 15) is 9.18 Å². The smallest absolute Gasteiger partial charge is 0.265 e. The van der Waals surface area contributed by atoms with Gasteiger partial charge in [0.1, 0.15) is 18.2 Å². The van der Waals surface area contributed by atoms with Crippen LogP contribution in [0.5, 0.6) is 5.75 Å². The fourth-order valence-electron chi connectivity index (χ4n) is 1.62. The number of amides is 1. The molecule has 0 aliphatic carbocycles. The van der Waals surface area contributed by atoms with Gasteiger partial charge in [-0.1, -0.05) is 33.6 Å². The fraction of sp³-hybridized carbons (Fsp3) is 0.0714. The van der Waals surface area contributed by atoms with Crippen LogP contribution in [-0.2, 0) is 6.61 Å². The van der Waals surface area contributed by atoms with Crippen molar-refractivity contribution in [1.29, 1.82) is 0 Å². The third-order valence-corrected chi connectivity index (χ3v) is 3.76. The minimum atomic E-state index is -0.498. The van der Waals surface area contributed by atoms with Crippen molar-refractivity contribution in [2.75, 3.05) is 0 Å². The lowest BCUT2D eigenvalue weighted by atomic mass is 10.1. The molecule has 7 heteroatoms. The molecule has 0 radical (unpaired) electrons. The van der Waals surface area contributed by atoms with Gasteiger partial charge in [0.2, 0.25) is 0 Å². The third-order valence-electron chi connectivity index (χ3n) is 2.73. The highest BCUT2D eigenvalue weighted by molar-refractivity contribution is 9.10. The minimum absolute atomic E-state index is 0.00142. The Morgan fingerprint density at radius 3 is 2.71 bits per heavy atom. The summed E-state index contributed by atoms with van der Waals surface area (Å²) in [4.78, 5) is 11.4. The number of nitrogen functional groups attached to an aromatic ring is 1. The van der Waals surface area contributed by atoms with Crippen LogP contribution in [0.15, 0.2) is 40.9 Å². The standard InChI is InChI=1S/C14H11BrClFN2O2/c15-11-5-8(14(20)19-18)1-2-9(11)7-21-10-3-4-13(17)12(16)6-10/h1-6H,7,18H2,(H,19,20). The number of hydrogen-bond donors (Lipinski definition) is 2. The molecule has 0 saturated heterocycles. The van der Waals surface area contributed by atoms with Crippen molar-refractivity contribution in [3.8, 4) is 5.75 Å². The summed E-state index contributed by atoms with van der Waals surface area (Å²) in [6.45, 7) is 0.243. The molecule has 0 aromatic heterocycles. The Bertz CT molecular complexity index is 682. The van der Waals surface area contributed by atoms with Crippen LogP contribution < -0.4 is 16.0 Å². The average Bonchev–Trinajstić information content (AvgIpc) is 2.48. The topological polar surface area (TPSA) is 64.3 Å². The SMILES string of the molecule is NNC(=O)c1ccc(COc2ccc(F)c(Cl)c2)c(Br)c1. The van der Waals surface area contributed by atoms with Gasteiger partial charge in [-0.2, -0.15) is 0 Å². The molecule has 1 amide bonds. The van der Waals surface area contributed by atoms with Crippen LogP contribution in [0.1, 0.15) is 15.9 Å². The molecular formula is C14H11BrClFN2O2. The summed E-state index contributed by atoms with van der Waals surface area (Å²) >= 11 is 9.04. The molecule has 0 atom stereocenters. The van der Waals surface area contributed by atoms with E-state index in [-0.39, 0.29) is 17.5 Å². The summed E-state index contributed by atoms with van der Waals surface area (Å²) in [5.41, 5.74) is 3.31. The van der Waals surface area contributed by atoms with E-state index in [2.05, 4.69) is 21.4 Å². The normalized spacial score (nSPS) is 10.3. The van der Waals surface area contributed by atoms with Gasteiger partial charge >= 0.3 is 0 Å². The van der Waals surface area contributed by atoms with Gasteiger partial charge in [0.25, 0.3) is 5.91 Å². The Morgan fingerprint density at radius 2 is 2.10 bits per heavy atom. The number of hydrogen-bond acceptors (Lipinski definition) is 3. The van der Waals surface area contributed by atoms with E-state index in [1.165, 1.54) is 18.2 Å². The highest BCUT2D eigenvalue weighted by Crippen LogP contribution is 2.24. The Hall–Kier alpha value is -1.63. The molecule has 0 aliphatic rings. The second-order valence-corrected chi connectivity index (χ2v) is 5.41. The number of nitrogens with two attached hydrogens (primary N) is 1. The summed E-state index contributed by atoms with van der Waals surface area (Å²) in [6.07, 6.45) is 0. The van der Waals surface area contributed by atoms with Crippen molar-refractivity contribution in [2.45, 2.75) is 6.61 Å². The van der Waals surface area contributed by atoms with E-state index in [4.69, 9.17) is 22.2 Å². The van der Waals surface area contributed by atoms with Gasteiger partial charge in [0.05, 0.1) is 5.02 Å². The van der Waals surface area contributed by atoms with Gasteiger partial charge in [-0.05, 0) is 24.3 Å². The zero-order valence-electron chi connectivity index (χ0n) is 10.7. The van der Waals surface area contributed by atoms with E-state index in [0.717, 1.165) is 5.56 Å². The van der Waals surface area contributed by atoms with Crippen LogP contribution in [0.25, 0.3) is 0 Å². The number of hydrazine groups is 1. The van der Waals surface area contributed by atoms with Crippen LogP contribution in [-0.4, -0.2) is 5.91 Å². The monoisotopic (exact) mass is 372 g/mol. The van der Waals surface area contributed by atoms with Crippen LogP contribution in [0, 0.1) is 5.82 Å². The van der Waals surface area contributed by atoms with Gasteiger partial charge in [-0.15, -0.1) is 0 Å². The summed E-state index contributed by atoms with van der Waals surface area (Å²) in [6, 6.07) is 9.13. The van der Waals surface area contributed by atoms with Crippen molar-refractivity contribution in [2.24, 2.45) is 5.84 Å². The molecule has 2 aromatic rings. The molecule has 3 N–H and O–H groups in total. The largest absolute Gasteiger partial charge is 0.489 e. The minimum Gasteiger partial charge on any atom is -0.489 e. The third kappa shape index (κ3) is 3.93. The first-order valence-corrected chi connectivity index (χ1v) is 7.05. The van der Waals surface area contributed by atoms with E-state index in [1.807, 2.05) is 0 Å². The van der Waals surface area contributed by atoms with Gasteiger partial charge in [0.15, 0.2) is 0 Å². The van der Waals surface area contributed by atoms with Crippen molar-refractivity contribution in [1.82, 2.24) is 5.43 Å². The molecule has 0 saturated carbocycles. The zero-order valence-corrected chi connectivity index (χ0v) is 13.0. The molecular weight excluding hydrogens is 363 g/mol. The molecule has 2 rings (SSSR count). The molecule has 0 unspecified atom stereocenters. The highest BCUT2D eigenvalue weighted by Gasteiger charge is 2.08. The molecule has 0 spiro atoms. The van der Waals surface area contributed by atoms with Crippen molar-refractivity contribution >= 4 is 33.4 Å². The number of carbonyl (C=O) groups excluding carboxylic acids is 1. The number of ether oxygens (including phenoxy) is 1. The molecule has 0 fully saturated rings. The maximum absolute atomic E-state index is 13.0. The van der Waals surface area contributed by atoms with Gasteiger partial charge < -0.3 is 4.74 Å². The van der Waals surface area contributed by atoms with Crippen LogP contribution in [0.3, 0.4) is 0 Å². The van der Waals surface area contributed by atoms with E-state index in [0.29, 0.717) is 15.8 Å². The summed E-state index contributed by atoms with van der Waals surface area (Å²) in [5, 5.41) is 0.00142. The summed E-state index contributed by atoms with van der Waals surface area (Å²) in [5.74, 6) is 4.65. The quantitative estimate of drug-likeness (QED) is 0.490. The number of rotatable bonds is 4. The maximum atomic E-state index is 13.0. The van der Waals surface area contributed by atoms with E-state index in [1.54, 1.807) is 18.2 Å². The average molecular weight is 374 g/mol. The van der Waals surface area contributed by atoms with Gasteiger partial charge in [-0.3, -0.25) is 10.2 Å². The first-order valence-electron chi connectivity index (χ1n) is 5.88. The Kier molecular flexibility index (Phi) is 5.17. The second-order valence-electron chi connectivity index (χ2n) is 4.14. The number of carbonyl (C=O) groups is 1. The van der Waals surface area contributed by atoms with Crippen molar-refractivity contribution in [3.05, 3.63) is 62.8 Å². The van der Waals surface area contributed by atoms with Crippen LogP contribution in [0.2, 0.25) is 5.02 Å². The van der Waals surface area contributed by atoms with Gasteiger partial charge in [0, 0.05) is 21.7 Å². The fourth-order valence-corrected chi connectivity index (χ4v) is 2.28. The first kappa shape index (κ1) is 15.8. The van der Waals surface area contributed by atoms with Crippen LogP contribution in [0.4, 0.5) is 4.39 Å². The molecule has 2 aromatic carbocycles. The predicted molar refractivity (Wildman–Crippen MR) is 81.5 cm³/mol. The molecule has 110 valence electrons. The van der Waals surface area contributed by atoms with Crippen molar-refractivity contribution in [3.63, 3.8) is 0 Å². The molecule has 0 aliphatic heterocycles. The summed E-state index contributed by atoms with van der Waals surface area (Å²) in [7, 11) is 0. The lowest BCUT2D eigenvalue weighted by Crippen LogP contribution is -2.29. The first-order chi connectivity index (χ1) is 10.0. The Balaban J connectivity index is 2.09. The predicted octanol–water partition coefficient (Wildman–Crippen LogP) is 3.42. The number of nitrogens with one attached hydrogen (secondary N) is 1. The molecule has 4 nitrogen and oxygen atoms in total. The van der Waals surface area contributed by atoms with Gasteiger partial charge in [-0.25, -0.2) is 10.2 Å². The van der Waals surface area contributed by atoms with Crippen molar-refractivity contribution < 1.29 is 13.9 Å². The maximum Gasteiger partial charge on any atom is 0.265 e. The number of benzene rings is 2. The Morgan fingerprint density at radius 1 is 1.33 bits per heavy atom. The summed E-state index contributed by atoms with van der Waals surface area (Å²) < 4.78 is 19.3. The number of halogens is 3. The highest BCUT2D eigenvalue weighted by atomic mass is 79.9. The molecule has 0 bridgehead atoms. The molecule has 21 heavy (non-hydrogen) atoms. The lowest BCUT2D eigenvalue weighted by molar-refractivity contribution is 0.0953. The molecule has 0 heterocycles. The van der Waals surface area contributed by atoms with E-state index < -0.39 is 5.82 Å². The van der Waals surface area contributed by atoms with Crippen LogP contribution >= 0.6 is 27.5 Å². The lowest BCUT2D eigenvalue weighted by Gasteiger charge is -2.09. The van der Waals surface area contributed by atoms with E-state index >= 15 is 0 Å².